The lowest BCUT2D eigenvalue weighted by molar-refractivity contribution is 0.0169. The van der Waals surface area contributed by atoms with E-state index in [1.807, 2.05) is 6.92 Å². The smallest absolute Gasteiger partial charge is 0.191 e. The van der Waals surface area contributed by atoms with E-state index in [9.17, 15) is 8.42 Å². The van der Waals surface area contributed by atoms with Crippen molar-refractivity contribution in [2.75, 3.05) is 32.2 Å². The molecule has 1 saturated carbocycles. The zero-order valence-electron chi connectivity index (χ0n) is 15.7. The summed E-state index contributed by atoms with van der Waals surface area (Å²) in [4.78, 5) is 4.22. The minimum atomic E-state index is -2.92. The quantitative estimate of drug-likeness (QED) is 0.459. The predicted molar refractivity (Wildman–Crippen MR) is 100 cm³/mol. The van der Waals surface area contributed by atoms with Crippen LogP contribution in [0.1, 0.15) is 52.4 Å². The molecule has 1 aliphatic carbocycles. The van der Waals surface area contributed by atoms with Gasteiger partial charge < -0.3 is 15.4 Å². The van der Waals surface area contributed by atoms with Gasteiger partial charge in [0.2, 0.25) is 0 Å². The standard InChI is InChI=1S/C17H35N3O3S/c1-5-23-16(15-8-6-7-9-15)10-12-19-17(18-3)20-14(2)11-13-24(4,21)22/h14-16H,5-13H2,1-4H3,(H2,18,19,20). The third-order valence-corrected chi connectivity index (χ3v) is 5.53. The molecular weight excluding hydrogens is 326 g/mol. The highest BCUT2D eigenvalue weighted by Gasteiger charge is 2.25. The molecule has 0 bridgehead atoms. The van der Waals surface area contributed by atoms with E-state index in [-0.39, 0.29) is 11.8 Å². The van der Waals surface area contributed by atoms with Crippen LogP contribution in [0.25, 0.3) is 0 Å². The van der Waals surface area contributed by atoms with Crippen LogP contribution >= 0.6 is 0 Å². The van der Waals surface area contributed by atoms with Crippen LogP contribution in [0.2, 0.25) is 0 Å². The SMILES string of the molecule is CCOC(CCNC(=NC)NC(C)CCS(C)(=O)=O)C1CCCC1. The van der Waals surface area contributed by atoms with E-state index in [0.717, 1.165) is 25.5 Å². The van der Waals surface area contributed by atoms with Crippen LogP contribution in [0.4, 0.5) is 0 Å². The highest BCUT2D eigenvalue weighted by Crippen LogP contribution is 2.30. The van der Waals surface area contributed by atoms with Crippen molar-refractivity contribution in [1.82, 2.24) is 10.6 Å². The normalized spacial score (nSPS) is 19.2. The monoisotopic (exact) mass is 361 g/mol. The Hall–Kier alpha value is -0.820. The van der Waals surface area contributed by atoms with Gasteiger partial charge in [-0.25, -0.2) is 8.42 Å². The Morgan fingerprint density at radius 1 is 1.29 bits per heavy atom. The van der Waals surface area contributed by atoms with Crippen molar-refractivity contribution in [3.05, 3.63) is 0 Å². The largest absolute Gasteiger partial charge is 0.378 e. The van der Waals surface area contributed by atoms with Crippen molar-refractivity contribution in [2.24, 2.45) is 10.9 Å². The van der Waals surface area contributed by atoms with E-state index in [4.69, 9.17) is 4.74 Å². The lowest BCUT2D eigenvalue weighted by Crippen LogP contribution is -2.44. The van der Waals surface area contributed by atoms with Gasteiger partial charge in [-0.2, -0.15) is 0 Å². The third-order valence-electron chi connectivity index (χ3n) is 4.56. The number of hydrogen-bond donors (Lipinski definition) is 2. The Morgan fingerprint density at radius 2 is 1.96 bits per heavy atom. The van der Waals surface area contributed by atoms with Crippen LogP contribution < -0.4 is 10.6 Å². The number of nitrogens with one attached hydrogen (secondary N) is 2. The third kappa shape index (κ3) is 8.87. The Morgan fingerprint density at radius 3 is 2.50 bits per heavy atom. The molecule has 142 valence electrons. The molecule has 2 N–H and O–H groups in total. The number of sulfone groups is 1. The second kappa shape index (κ2) is 10.9. The van der Waals surface area contributed by atoms with Crippen molar-refractivity contribution in [3.8, 4) is 0 Å². The predicted octanol–water partition coefficient (Wildman–Crippen LogP) is 1.96. The molecule has 1 fully saturated rings. The zero-order valence-corrected chi connectivity index (χ0v) is 16.5. The molecule has 0 aromatic carbocycles. The fourth-order valence-corrected chi connectivity index (χ4v) is 4.00. The summed E-state index contributed by atoms with van der Waals surface area (Å²) in [5.41, 5.74) is 0. The van der Waals surface area contributed by atoms with E-state index in [1.54, 1.807) is 7.05 Å². The average Bonchev–Trinajstić information content (AvgIpc) is 3.04. The first-order valence-corrected chi connectivity index (χ1v) is 11.2. The molecule has 2 atom stereocenters. The Bertz CT molecular complexity index is 473. The zero-order chi connectivity index (χ0) is 18.0. The molecule has 7 heteroatoms. The van der Waals surface area contributed by atoms with Crippen LogP contribution in [0.3, 0.4) is 0 Å². The molecule has 0 amide bonds. The van der Waals surface area contributed by atoms with E-state index in [1.165, 1.54) is 31.9 Å². The number of nitrogens with zero attached hydrogens (tertiary/aromatic N) is 1. The number of aliphatic imine (C=N–C) groups is 1. The molecule has 1 rings (SSSR count). The second-order valence-corrected chi connectivity index (χ2v) is 9.05. The van der Waals surface area contributed by atoms with Crippen molar-refractivity contribution < 1.29 is 13.2 Å². The molecule has 6 nitrogen and oxygen atoms in total. The minimum Gasteiger partial charge on any atom is -0.378 e. The fraction of sp³-hybridized carbons (Fsp3) is 0.941. The Balaban J connectivity index is 2.34. The van der Waals surface area contributed by atoms with Gasteiger partial charge in [-0.15, -0.1) is 0 Å². The number of hydrogen-bond acceptors (Lipinski definition) is 4. The molecule has 0 radical (unpaired) electrons. The topological polar surface area (TPSA) is 79.8 Å². The van der Waals surface area contributed by atoms with Crippen LogP contribution in [-0.4, -0.2) is 58.7 Å². The lowest BCUT2D eigenvalue weighted by atomic mass is 9.98. The van der Waals surface area contributed by atoms with Gasteiger partial charge in [0.1, 0.15) is 9.84 Å². The van der Waals surface area contributed by atoms with E-state index < -0.39 is 9.84 Å². The first kappa shape index (κ1) is 21.2. The number of ether oxygens (including phenoxy) is 1. The molecule has 2 unspecified atom stereocenters. The molecule has 0 saturated heterocycles. The van der Waals surface area contributed by atoms with Crippen LogP contribution in [0.15, 0.2) is 4.99 Å². The average molecular weight is 362 g/mol. The molecule has 0 spiro atoms. The Labute approximate surface area is 147 Å². The Kier molecular flexibility index (Phi) is 9.66. The van der Waals surface area contributed by atoms with Crippen molar-refractivity contribution in [2.45, 2.75) is 64.5 Å². The van der Waals surface area contributed by atoms with Gasteiger partial charge in [0.15, 0.2) is 5.96 Å². The maximum atomic E-state index is 11.2. The van der Waals surface area contributed by atoms with E-state index in [2.05, 4.69) is 22.5 Å². The lowest BCUT2D eigenvalue weighted by Gasteiger charge is -2.24. The molecule has 24 heavy (non-hydrogen) atoms. The van der Waals surface area contributed by atoms with Crippen LogP contribution in [-0.2, 0) is 14.6 Å². The highest BCUT2D eigenvalue weighted by atomic mass is 32.2. The summed E-state index contributed by atoms with van der Waals surface area (Å²) in [5, 5.41) is 6.57. The number of rotatable bonds is 10. The van der Waals surface area contributed by atoms with Gasteiger partial charge in [0.05, 0.1) is 11.9 Å². The van der Waals surface area contributed by atoms with Gasteiger partial charge in [0, 0.05) is 32.5 Å². The van der Waals surface area contributed by atoms with Crippen molar-refractivity contribution in [3.63, 3.8) is 0 Å². The second-order valence-electron chi connectivity index (χ2n) is 6.79. The van der Waals surface area contributed by atoms with Crippen molar-refractivity contribution in [1.29, 1.82) is 0 Å². The maximum absolute atomic E-state index is 11.2. The molecule has 0 heterocycles. The van der Waals surface area contributed by atoms with E-state index >= 15 is 0 Å². The summed E-state index contributed by atoms with van der Waals surface area (Å²) in [6.07, 6.45) is 8.33. The summed E-state index contributed by atoms with van der Waals surface area (Å²) in [7, 11) is -1.19. The number of guanidine groups is 1. The summed E-state index contributed by atoms with van der Waals surface area (Å²) in [6.45, 7) is 5.59. The summed E-state index contributed by atoms with van der Waals surface area (Å²) >= 11 is 0. The summed E-state index contributed by atoms with van der Waals surface area (Å²) < 4.78 is 28.4. The van der Waals surface area contributed by atoms with Crippen LogP contribution in [0, 0.1) is 5.92 Å². The highest BCUT2D eigenvalue weighted by molar-refractivity contribution is 7.90. The van der Waals surface area contributed by atoms with Gasteiger partial charge in [-0.1, -0.05) is 12.8 Å². The summed E-state index contributed by atoms with van der Waals surface area (Å²) in [5.74, 6) is 1.60. The van der Waals surface area contributed by atoms with Gasteiger partial charge >= 0.3 is 0 Å². The minimum absolute atomic E-state index is 0.0587. The van der Waals surface area contributed by atoms with Gasteiger partial charge in [0.25, 0.3) is 0 Å². The maximum Gasteiger partial charge on any atom is 0.191 e. The first-order valence-electron chi connectivity index (χ1n) is 9.12. The fourth-order valence-electron chi connectivity index (χ4n) is 3.22. The molecule has 0 aliphatic heterocycles. The first-order chi connectivity index (χ1) is 11.4. The molecular formula is C17H35N3O3S. The van der Waals surface area contributed by atoms with Gasteiger partial charge in [-0.05, 0) is 45.4 Å². The van der Waals surface area contributed by atoms with E-state index in [0.29, 0.717) is 18.4 Å². The molecule has 0 aromatic heterocycles. The molecule has 0 aromatic rings. The van der Waals surface area contributed by atoms with Crippen molar-refractivity contribution >= 4 is 15.8 Å². The van der Waals surface area contributed by atoms with Gasteiger partial charge in [-0.3, -0.25) is 4.99 Å². The van der Waals surface area contributed by atoms with Crippen LogP contribution in [0.5, 0.6) is 0 Å². The molecule has 1 aliphatic rings. The summed E-state index contributed by atoms with van der Waals surface area (Å²) in [6, 6.07) is 0.0587.